The molecule has 1 aliphatic heterocycles. The van der Waals surface area contributed by atoms with E-state index in [0.29, 0.717) is 6.42 Å². The highest BCUT2D eigenvalue weighted by atomic mass is 16.5. The highest BCUT2D eigenvalue weighted by Crippen LogP contribution is 2.36. The van der Waals surface area contributed by atoms with E-state index in [1.54, 1.807) is 0 Å². The Bertz CT molecular complexity index is 663. The van der Waals surface area contributed by atoms with Gasteiger partial charge in [0.05, 0.1) is 11.7 Å². The van der Waals surface area contributed by atoms with Crippen molar-refractivity contribution in [1.82, 2.24) is 10.1 Å². The molecule has 1 amide bonds. The van der Waals surface area contributed by atoms with E-state index in [4.69, 9.17) is 4.52 Å². The van der Waals surface area contributed by atoms with Gasteiger partial charge < -0.3 is 9.42 Å². The van der Waals surface area contributed by atoms with Crippen LogP contribution in [0.15, 0.2) is 34.9 Å². The first kappa shape index (κ1) is 15.8. The Morgan fingerprint density at radius 2 is 2.13 bits per heavy atom. The number of benzene rings is 1. The molecule has 23 heavy (non-hydrogen) atoms. The Labute approximate surface area is 137 Å². The second kappa shape index (κ2) is 6.99. The summed E-state index contributed by atoms with van der Waals surface area (Å²) in [6, 6.07) is 10.3. The normalized spacial score (nSPS) is 17.7. The summed E-state index contributed by atoms with van der Waals surface area (Å²) in [5.41, 5.74) is 3.28. The van der Waals surface area contributed by atoms with Crippen molar-refractivity contribution in [2.45, 2.75) is 52.0 Å². The van der Waals surface area contributed by atoms with Crippen LogP contribution in [0.5, 0.6) is 0 Å². The molecule has 2 heterocycles. The van der Waals surface area contributed by atoms with Crippen molar-refractivity contribution in [3.05, 3.63) is 52.9 Å². The van der Waals surface area contributed by atoms with E-state index >= 15 is 0 Å². The number of hydrogen-bond donors (Lipinski definition) is 0. The molecule has 1 atom stereocenters. The van der Waals surface area contributed by atoms with Crippen molar-refractivity contribution >= 4 is 5.91 Å². The van der Waals surface area contributed by atoms with Crippen LogP contribution < -0.4 is 0 Å². The quantitative estimate of drug-likeness (QED) is 0.842. The van der Waals surface area contributed by atoms with Gasteiger partial charge in [-0.15, -0.1) is 0 Å². The molecular formula is C19H24N2O2. The molecule has 1 aliphatic rings. The van der Waals surface area contributed by atoms with Crippen LogP contribution in [0.25, 0.3) is 0 Å². The number of amides is 1. The number of aromatic nitrogens is 1. The minimum absolute atomic E-state index is 0.138. The molecule has 0 bridgehead atoms. The van der Waals surface area contributed by atoms with Crippen LogP contribution in [-0.4, -0.2) is 22.5 Å². The predicted octanol–water partition coefficient (Wildman–Crippen LogP) is 3.84. The molecule has 1 fully saturated rings. The topological polar surface area (TPSA) is 46.3 Å². The fourth-order valence-electron chi connectivity index (χ4n) is 3.51. The largest absolute Gasteiger partial charge is 0.361 e. The number of carbonyl (C=O) groups excluding carboxylic acids is 1. The highest BCUT2D eigenvalue weighted by molar-refractivity contribution is 5.77. The second-order valence-electron chi connectivity index (χ2n) is 6.19. The summed E-state index contributed by atoms with van der Waals surface area (Å²) in [5, 5.41) is 4.11. The first-order valence-electron chi connectivity index (χ1n) is 8.49. The molecule has 0 spiro atoms. The van der Waals surface area contributed by atoms with Gasteiger partial charge in [-0.2, -0.15) is 0 Å². The zero-order valence-electron chi connectivity index (χ0n) is 13.9. The standard InChI is InChI=1S/C19H24N2O2/c1-3-17-19(14(2)20-23-17)16-10-7-13-21(16)18(22)12-11-15-8-5-4-6-9-15/h4-6,8-9,16H,3,7,10-13H2,1-2H3. The fraction of sp³-hybridized carbons (Fsp3) is 0.474. The summed E-state index contributed by atoms with van der Waals surface area (Å²) in [6.07, 6.45) is 4.23. The van der Waals surface area contributed by atoms with Gasteiger partial charge in [-0.05, 0) is 31.7 Å². The molecule has 0 N–H and O–H groups in total. The molecule has 1 saturated heterocycles. The van der Waals surface area contributed by atoms with Crippen molar-refractivity contribution < 1.29 is 9.32 Å². The molecule has 1 unspecified atom stereocenters. The van der Waals surface area contributed by atoms with Crippen molar-refractivity contribution in [3.8, 4) is 0 Å². The Morgan fingerprint density at radius 1 is 1.35 bits per heavy atom. The van der Waals surface area contributed by atoms with Gasteiger partial charge in [0, 0.05) is 24.9 Å². The van der Waals surface area contributed by atoms with Crippen molar-refractivity contribution in [2.75, 3.05) is 6.54 Å². The molecule has 4 heteroatoms. The highest BCUT2D eigenvalue weighted by Gasteiger charge is 2.33. The summed E-state index contributed by atoms with van der Waals surface area (Å²) in [4.78, 5) is 14.7. The third-order valence-electron chi connectivity index (χ3n) is 4.68. The number of nitrogens with zero attached hydrogens (tertiary/aromatic N) is 2. The average molecular weight is 312 g/mol. The van der Waals surface area contributed by atoms with E-state index in [0.717, 1.165) is 49.2 Å². The maximum absolute atomic E-state index is 12.7. The summed E-state index contributed by atoms with van der Waals surface area (Å²) in [7, 11) is 0. The molecule has 0 aliphatic carbocycles. The van der Waals surface area contributed by atoms with E-state index in [2.05, 4.69) is 24.2 Å². The van der Waals surface area contributed by atoms with Crippen molar-refractivity contribution in [1.29, 1.82) is 0 Å². The van der Waals surface area contributed by atoms with Crippen LogP contribution in [-0.2, 0) is 17.6 Å². The lowest BCUT2D eigenvalue weighted by Crippen LogP contribution is -2.31. The number of carbonyl (C=O) groups is 1. The molecule has 1 aromatic carbocycles. The van der Waals surface area contributed by atoms with Gasteiger partial charge in [-0.1, -0.05) is 42.4 Å². The van der Waals surface area contributed by atoms with Gasteiger partial charge in [-0.3, -0.25) is 4.79 Å². The van der Waals surface area contributed by atoms with Crippen LogP contribution in [0.4, 0.5) is 0 Å². The van der Waals surface area contributed by atoms with Gasteiger partial charge in [-0.25, -0.2) is 0 Å². The summed E-state index contributed by atoms with van der Waals surface area (Å²) in [5.74, 6) is 1.16. The predicted molar refractivity (Wildman–Crippen MR) is 89.1 cm³/mol. The van der Waals surface area contributed by atoms with E-state index in [1.807, 2.05) is 30.0 Å². The Hall–Kier alpha value is -2.10. The van der Waals surface area contributed by atoms with E-state index in [9.17, 15) is 4.79 Å². The number of aryl methyl sites for hydroxylation is 3. The van der Waals surface area contributed by atoms with Gasteiger partial charge in [0.15, 0.2) is 0 Å². The zero-order chi connectivity index (χ0) is 16.2. The van der Waals surface area contributed by atoms with Gasteiger partial charge in [0.1, 0.15) is 5.76 Å². The summed E-state index contributed by atoms with van der Waals surface area (Å²) >= 11 is 0. The Morgan fingerprint density at radius 3 is 2.87 bits per heavy atom. The van der Waals surface area contributed by atoms with Gasteiger partial charge in [0.25, 0.3) is 0 Å². The SMILES string of the molecule is CCc1onc(C)c1C1CCCN1C(=O)CCc1ccccc1. The molecule has 1 aromatic heterocycles. The third kappa shape index (κ3) is 3.31. The number of rotatable bonds is 5. The Kier molecular flexibility index (Phi) is 4.79. The lowest BCUT2D eigenvalue weighted by molar-refractivity contribution is -0.132. The maximum atomic E-state index is 12.7. The van der Waals surface area contributed by atoms with E-state index in [1.165, 1.54) is 5.56 Å². The van der Waals surface area contributed by atoms with Crippen molar-refractivity contribution in [2.24, 2.45) is 0 Å². The minimum Gasteiger partial charge on any atom is -0.361 e. The van der Waals surface area contributed by atoms with Crippen molar-refractivity contribution in [3.63, 3.8) is 0 Å². The molecule has 4 nitrogen and oxygen atoms in total. The van der Waals surface area contributed by atoms with Crippen LogP contribution in [0.2, 0.25) is 0 Å². The fourth-order valence-corrected chi connectivity index (χ4v) is 3.51. The Balaban J connectivity index is 1.71. The molecule has 2 aromatic rings. The van der Waals surface area contributed by atoms with Crippen LogP contribution in [0, 0.1) is 6.92 Å². The smallest absolute Gasteiger partial charge is 0.223 e. The lowest BCUT2D eigenvalue weighted by atomic mass is 10.0. The maximum Gasteiger partial charge on any atom is 0.223 e. The molecule has 3 rings (SSSR count). The minimum atomic E-state index is 0.138. The number of hydrogen-bond acceptors (Lipinski definition) is 3. The average Bonchev–Trinajstić information content (AvgIpc) is 3.19. The second-order valence-corrected chi connectivity index (χ2v) is 6.19. The molecular weight excluding hydrogens is 288 g/mol. The lowest BCUT2D eigenvalue weighted by Gasteiger charge is -2.25. The van der Waals surface area contributed by atoms with Crippen LogP contribution in [0.1, 0.15) is 54.8 Å². The monoisotopic (exact) mass is 312 g/mol. The molecule has 0 radical (unpaired) electrons. The van der Waals surface area contributed by atoms with E-state index in [-0.39, 0.29) is 11.9 Å². The van der Waals surface area contributed by atoms with Gasteiger partial charge in [0.2, 0.25) is 5.91 Å². The zero-order valence-corrected chi connectivity index (χ0v) is 13.9. The summed E-state index contributed by atoms with van der Waals surface area (Å²) < 4.78 is 5.43. The molecule has 122 valence electrons. The van der Waals surface area contributed by atoms with Crippen LogP contribution >= 0.6 is 0 Å². The van der Waals surface area contributed by atoms with Gasteiger partial charge >= 0.3 is 0 Å². The first-order chi connectivity index (χ1) is 11.2. The third-order valence-corrected chi connectivity index (χ3v) is 4.68. The van der Waals surface area contributed by atoms with Crippen LogP contribution in [0.3, 0.4) is 0 Å². The first-order valence-corrected chi connectivity index (χ1v) is 8.49. The number of likely N-dealkylation sites (tertiary alicyclic amines) is 1. The summed E-state index contributed by atoms with van der Waals surface area (Å²) in [6.45, 7) is 4.88. The van der Waals surface area contributed by atoms with E-state index < -0.39 is 0 Å². The molecule has 0 saturated carbocycles.